The van der Waals surface area contributed by atoms with Gasteiger partial charge in [0, 0.05) is 37.9 Å². The van der Waals surface area contributed by atoms with Crippen LogP contribution in [0.2, 0.25) is 0 Å². The number of benzene rings is 1. The second-order valence-corrected chi connectivity index (χ2v) is 5.86. The van der Waals surface area contributed by atoms with Gasteiger partial charge in [-0.25, -0.2) is 9.97 Å². The van der Waals surface area contributed by atoms with Gasteiger partial charge in [0.1, 0.15) is 5.75 Å². The van der Waals surface area contributed by atoms with Gasteiger partial charge in [-0.3, -0.25) is 9.78 Å². The molecule has 0 aliphatic carbocycles. The summed E-state index contributed by atoms with van der Waals surface area (Å²) in [5.41, 5.74) is 2.64. The fourth-order valence-corrected chi connectivity index (χ4v) is 2.43. The number of hydrogen-bond donors (Lipinski definition) is 2. The van der Waals surface area contributed by atoms with Crippen LogP contribution in [0.1, 0.15) is 21.5 Å². The largest absolute Gasteiger partial charge is 0.497 e. The van der Waals surface area contributed by atoms with Crippen molar-refractivity contribution < 1.29 is 9.53 Å². The number of carbonyl (C=O) groups excluding carboxylic acids is 1. The molecule has 27 heavy (non-hydrogen) atoms. The van der Waals surface area contributed by atoms with Gasteiger partial charge in [0.25, 0.3) is 5.91 Å². The summed E-state index contributed by atoms with van der Waals surface area (Å²) in [6, 6.07) is 11.6. The van der Waals surface area contributed by atoms with E-state index in [1.807, 2.05) is 36.4 Å². The maximum absolute atomic E-state index is 12.2. The molecular weight excluding hydrogens is 342 g/mol. The first-order chi connectivity index (χ1) is 13.2. The van der Waals surface area contributed by atoms with Crippen LogP contribution in [0.3, 0.4) is 0 Å². The van der Waals surface area contributed by atoms with Gasteiger partial charge in [-0.05, 0) is 41.8 Å². The Morgan fingerprint density at radius 3 is 2.37 bits per heavy atom. The zero-order valence-electron chi connectivity index (χ0n) is 15.1. The van der Waals surface area contributed by atoms with Crippen molar-refractivity contribution >= 4 is 11.9 Å². The Hall–Kier alpha value is -3.48. The second kappa shape index (κ2) is 9.28. The van der Waals surface area contributed by atoms with Gasteiger partial charge < -0.3 is 15.4 Å². The predicted octanol–water partition coefficient (Wildman–Crippen LogP) is 2.46. The fraction of sp³-hybridized carbons (Fsp3) is 0.200. The Kier molecular flexibility index (Phi) is 6.30. The van der Waals surface area contributed by atoms with Crippen molar-refractivity contribution in [2.75, 3.05) is 19.0 Å². The Morgan fingerprint density at radius 2 is 1.70 bits per heavy atom. The quantitative estimate of drug-likeness (QED) is 0.639. The highest BCUT2D eigenvalue weighted by molar-refractivity contribution is 5.93. The minimum absolute atomic E-state index is 0.191. The molecule has 2 heterocycles. The van der Waals surface area contributed by atoms with Crippen molar-refractivity contribution in [3.05, 3.63) is 77.9 Å². The molecule has 0 unspecified atom stereocenters. The highest BCUT2D eigenvalue weighted by atomic mass is 16.5. The molecule has 0 aliphatic heterocycles. The molecule has 0 radical (unpaired) electrons. The molecule has 3 aromatic rings. The lowest BCUT2D eigenvalue weighted by molar-refractivity contribution is 0.0953. The number of rotatable bonds is 8. The highest BCUT2D eigenvalue weighted by Crippen LogP contribution is 2.11. The predicted molar refractivity (Wildman–Crippen MR) is 103 cm³/mol. The number of carbonyl (C=O) groups is 1. The van der Waals surface area contributed by atoms with Crippen molar-refractivity contribution in [2.45, 2.75) is 13.0 Å². The first kappa shape index (κ1) is 18.3. The number of hydrogen-bond acceptors (Lipinski definition) is 6. The number of methoxy groups -OCH3 is 1. The summed E-state index contributed by atoms with van der Waals surface area (Å²) in [5, 5.41) is 5.98. The molecule has 0 saturated heterocycles. The molecule has 7 heteroatoms. The van der Waals surface area contributed by atoms with E-state index in [1.165, 1.54) is 12.4 Å². The van der Waals surface area contributed by atoms with Crippen molar-refractivity contribution in [3.63, 3.8) is 0 Å². The van der Waals surface area contributed by atoms with E-state index in [1.54, 1.807) is 19.5 Å². The number of nitrogens with zero attached hydrogens (tertiary/aromatic N) is 3. The monoisotopic (exact) mass is 363 g/mol. The van der Waals surface area contributed by atoms with Crippen LogP contribution in [0.4, 0.5) is 5.95 Å². The Morgan fingerprint density at radius 1 is 1.00 bits per heavy atom. The summed E-state index contributed by atoms with van der Waals surface area (Å²) in [6.45, 7) is 1.13. The molecule has 0 fully saturated rings. The summed E-state index contributed by atoms with van der Waals surface area (Å²) in [5.74, 6) is 1.10. The van der Waals surface area contributed by atoms with Crippen LogP contribution in [-0.4, -0.2) is 34.5 Å². The molecule has 7 nitrogen and oxygen atoms in total. The molecule has 2 N–H and O–H groups in total. The minimum Gasteiger partial charge on any atom is -0.497 e. The highest BCUT2D eigenvalue weighted by Gasteiger charge is 2.07. The summed E-state index contributed by atoms with van der Waals surface area (Å²) in [4.78, 5) is 24.5. The van der Waals surface area contributed by atoms with Crippen molar-refractivity contribution in [3.8, 4) is 5.75 Å². The first-order valence-electron chi connectivity index (χ1n) is 8.60. The number of pyridine rings is 1. The average molecular weight is 363 g/mol. The molecule has 0 aliphatic rings. The molecular formula is C20H21N5O2. The molecule has 0 atom stereocenters. The van der Waals surface area contributed by atoms with Gasteiger partial charge in [0.15, 0.2) is 0 Å². The van der Waals surface area contributed by atoms with Crippen molar-refractivity contribution in [1.29, 1.82) is 0 Å². The summed E-state index contributed by atoms with van der Waals surface area (Å²) >= 11 is 0. The lowest BCUT2D eigenvalue weighted by atomic mass is 10.1. The Balaban J connectivity index is 1.45. The van der Waals surface area contributed by atoms with Crippen LogP contribution in [0.5, 0.6) is 5.75 Å². The van der Waals surface area contributed by atoms with Crippen LogP contribution >= 0.6 is 0 Å². The van der Waals surface area contributed by atoms with Crippen LogP contribution in [0.25, 0.3) is 0 Å². The van der Waals surface area contributed by atoms with E-state index in [-0.39, 0.29) is 5.91 Å². The molecule has 2 aromatic heterocycles. The van der Waals surface area contributed by atoms with E-state index in [0.29, 0.717) is 24.6 Å². The van der Waals surface area contributed by atoms with Crippen LogP contribution in [0, 0.1) is 0 Å². The maximum atomic E-state index is 12.2. The van der Waals surface area contributed by atoms with Gasteiger partial charge in [-0.1, -0.05) is 12.1 Å². The molecule has 3 rings (SSSR count). The third-order valence-electron chi connectivity index (χ3n) is 3.97. The number of amides is 1. The van der Waals surface area contributed by atoms with Crippen LogP contribution in [0.15, 0.2) is 61.2 Å². The van der Waals surface area contributed by atoms with Gasteiger partial charge in [-0.15, -0.1) is 0 Å². The zero-order valence-corrected chi connectivity index (χ0v) is 15.1. The summed E-state index contributed by atoms with van der Waals surface area (Å²) in [6.07, 6.45) is 7.24. The standard InChI is InChI=1S/C20H21N5O2/c1-27-18-4-2-15(3-5-18)8-11-22-19(26)17-13-24-20(25-14-17)23-12-16-6-9-21-10-7-16/h2-7,9-10,13-14H,8,11-12H2,1H3,(H,22,26)(H,23,24,25). The number of nitrogens with one attached hydrogen (secondary N) is 2. The maximum Gasteiger partial charge on any atom is 0.254 e. The number of ether oxygens (including phenoxy) is 1. The molecule has 0 saturated carbocycles. The van der Waals surface area contributed by atoms with Crippen LogP contribution in [-0.2, 0) is 13.0 Å². The van der Waals surface area contributed by atoms with E-state index in [2.05, 4.69) is 25.6 Å². The van der Waals surface area contributed by atoms with Crippen LogP contribution < -0.4 is 15.4 Å². The SMILES string of the molecule is COc1ccc(CCNC(=O)c2cnc(NCc3ccncc3)nc2)cc1. The Bertz CT molecular complexity index is 852. The van der Waals surface area contributed by atoms with Gasteiger partial charge >= 0.3 is 0 Å². The summed E-state index contributed by atoms with van der Waals surface area (Å²) < 4.78 is 5.13. The average Bonchev–Trinajstić information content (AvgIpc) is 2.74. The lowest BCUT2D eigenvalue weighted by Gasteiger charge is -2.07. The third kappa shape index (κ3) is 5.50. The summed E-state index contributed by atoms with van der Waals surface area (Å²) in [7, 11) is 1.64. The van der Waals surface area contributed by atoms with E-state index in [9.17, 15) is 4.79 Å². The molecule has 0 bridgehead atoms. The lowest BCUT2D eigenvalue weighted by Crippen LogP contribution is -2.26. The third-order valence-corrected chi connectivity index (χ3v) is 3.97. The zero-order chi connectivity index (χ0) is 18.9. The molecule has 1 amide bonds. The van der Waals surface area contributed by atoms with E-state index in [4.69, 9.17) is 4.74 Å². The number of aromatic nitrogens is 3. The van der Waals surface area contributed by atoms with Gasteiger partial charge in [0.2, 0.25) is 5.95 Å². The smallest absolute Gasteiger partial charge is 0.254 e. The minimum atomic E-state index is -0.191. The van der Waals surface area contributed by atoms with E-state index in [0.717, 1.165) is 23.3 Å². The normalized spacial score (nSPS) is 10.3. The van der Waals surface area contributed by atoms with E-state index < -0.39 is 0 Å². The molecule has 0 spiro atoms. The van der Waals surface area contributed by atoms with Gasteiger partial charge in [-0.2, -0.15) is 0 Å². The van der Waals surface area contributed by atoms with Crippen molar-refractivity contribution in [1.82, 2.24) is 20.3 Å². The Labute approximate surface area is 157 Å². The number of anilines is 1. The van der Waals surface area contributed by atoms with Crippen molar-refractivity contribution in [2.24, 2.45) is 0 Å². The fourth-order valence-electron chi connectivity index (χ4n) is 2.43. The van der Waals surface area contributed by atoms with E-state index >= 15 is 0 Å². The second-order valence-electron chi connectivity index (χ2n) is 5.86. The first-order valence-corrected chi connectivity index (χ1v) is 8.60. The molecule has 138 valence electrons. The van der Waals surface area contributed by atoms with Gasteiger partial charge in [0.05, 0.1) is 12.7 Å². The topological polar surface area (TPSA) is 89.0 Å². The molecule has 1 aromatic carbocycles.